The van der Waals surface area contributed by atoms with Crippen LogP contribution in [-0.4, -0.2) is 30.4 Å². The van der Waals surface area contributed by atoms with Gasteiger partial charge in [-0.25, -0.2) is 0 Å². The Morgan fingerprint density at radius 2 is 1.94 bits per heavy atom. The first kappa shape index (κ1) is 13.8. The molecule has 0 bridgehead atoms. The third kappa shape index (κ3) is 3.05. The highest BCUT2D eigenvalue weighted by molar-refractivity contribution is 9.10. The molecule has 1 N–H and O–H groups in total. The van der Waals surface area contributed by atoms with Gasteiger partial charge in [-0.15, -0.1) is 0 Å². The Kier molecular flexibility index (Phi) is 4.30. The Labute approximate surface area is 117 Å². The van der Waals surface area contributed by atoms with Gasteiger partial charge in [-0.2, -0.15) is 0 Å². The Hall–Kier alpha value is -0.580. The summed E-state index contributed by atoms with van der Waals surface area (Å²) in [5.41, 5.74) is 2.10. The SMILES string of the molecule is CC1CN(c2ccc(C(C)O)cc2Br)CC(C)O1. The van der Waals surface area contributed by atoms with E-state index < -0.39 is 6.10 Å². The lowest BCUT2D eigenvalue weighted by Crippen LogP contribution is -2.45. The van der Waals surface area contributed by atoms with Gasteiger partial charge in [-0.1, -0.05) is 6.07 Å². The number of aliphatic hydroxyl groups is 1. The number of aliphatic hydroxyl groups excluding tert-OH is 1. The minimum Gasteiger partial charge on any atom is -0.389 e. The van der Waals surface area contributed by atoms with Gasteiger partial charge in [-0.3, -0.25) is 0 Å². The number of anilines is 1. The molecule has 100 valence electrons. The van der Waals surface area contributed by atoms with Gasteiger partial charge >= 0.3 is 0 Å². The highest BCUT2D eigenvalue weighted by atomic mass is 79.9. The van der Waals surface area contributed by atoms with E-state index in [0.29, 0.717) is 0 Å². The molecule has 3 atom stereocenters. The third-order valence-electron chi connectivity index (χ3n) is 3.21. The summed E-state index contributed by atoms with van der Waals surface area (Å²) in [4.78, 5) is 2.33. The number of hydrogen-bond donors (Lipinski definition) is 1. The van der Waals surface area contributed by atoms with E-state index in [9.17, 15) is 5.11 Å². The van der Waals surface area contributed by atoms with Crippen LogP contribution in [0.1, 0.15) is 32.4 Å². The predicted octanol–water partition coefficient (Wildman–Crippen LogP) is 3.12. The average molecular weight is 314 g/mol. The molecule has 0 saturated carbocycles. The number of benzene rings is 1. The molecule has 1 saturated heterocycles. The lowest BCUT2D eigenvalue weighted by Gasteiger charge is -2.37. The molecular weight excluding hydrogens is 294 g/mol. The van der Waals surface area contributed by atoms with Gasteiger partial charge in [0.1, 0.15) is 0 Å². The fraction of sp³-hybridized carbons (Fsp3) is 0.571. The summed E-state index contributed by atoms with van der Waals surface area (Å²) in [6.45, 7) is 7.77. The zero-order valence-corrected chi connectivity index (χ0v) is 12.6. The van der Waals surface area contributed by atoms with Crippen LogP contribution in [-0.2, 0) is 4.74 Å². The molecule has 0 aliphatic carbocycles. The maximum atomic E-state index is 9.58. The number of rotatable bonds is 2. The monoisotopic (exact) mass is 313 g/mol. The minimum atomic E-state index is -0.433. The van der Waals surface area contributed by atoms with E-state index >= 15 is 0 Å². The maximum Gasteiger partial charge on any atom is 0.0762 e. The van der Waals surface area contributed by atoms with Crippen LogP contribution >= 0.6 is 15.9 Å². The van der Waals surface area contributed by atoms with E-state index in [0.717, 1.165) is 23.1 Å². The van der Waals surface area contributed by atoms with Crippen molar-refractivity contribution in [1.29, 1.82) is 0 Å². The van der Waals surface area contributed by atoms with Gasteiger partial charge in [0.15, 0.2) is 0 Å². The van der Waals surface area contributed by atoms with Crippen LogP contribution in [0.2, 0.25) is 0 Å². The fourth-order valence-corrected chi connectivity index (χ4v) is 3.06. The number of morpholine rings is 1. The lowest BCUT2D eigenvalue weighted by molar-refractivity contribution is -0.00526. The second-order valence-corrected chi connectivity index (χ2v) is 5.90. The lowest BCUT2D eigenvalue weighted by atomic mass is 10.1. The molecule has 1 fully saturated rings. The summed E-state index contributed by atoms with van der Waals surface area (Å²) >= 11 is 3.60. The van der Waals surface area contributed by atoms with Crippen LogP contribution in [0.3, 0.4) is 0 Å². The highest BCUT2D eigenvalue weighted by Gasteiger charge is 2.23. The van der Waals surface area contributed by atoms with Crippen molar-refractivity contribution in [2.45, 2.75) is 39.1 Å². The van der Waals surface area contributed by atoms with Crippen molar-refractivity contribution in [3.05, 3.63) is 28.2 Å². The molecule has 3 nitrogen and oxygen atoms in total. The van der Waals surface area contributed by atoms with Crippen molar-refractivity contribution in [3.8, 4) is 0 Å². The molecule has 1 heterocycles. The molecule has 0 amide bonds. The number of nitrogens with zero attached hydrogens (tertiary/aromatic N) is 1. The van der Waals surface area contributed by atoms with Gasteiger partial charge in [0.05, 0.1) is 24.0 Å². The molecule has 2 rings (SSSR count). The molecule has 0 radical (unpaired) electrons. The first-order valence-corrected chi connectivity index (χ1v) is 7.14. The van der Waals surface area contributed by atoms with Crippen molar-refractivity contribution in [2.75, 3.05) is 18.0 Å². The molecule has 4 heteroatoms. The van der Waals surface area contributed by atoms with Gasteiger partial charge in [-0.05, 0) is 54.4 Å². The zero-order chi connectivity index (χ0) is 13.3. The van der Waals surface area contributed by atoms with Crippen molar-refractivity contribution in [3.63, 3.8) is 0 Å². The van der Waals surface area contributed by atoms with E-state index in [1.807, 2.05) is 12.1 Å². The molecule has 1 aromatic rings. The topological polar surface area (TPSA) is 32.7 Å². The predicted molar refractivity (Wildman–Crippen MR) is 77.0 cm³/mol. The van der Waals surface area contributed by atoms with Crippen LogP contribution in [0, 0.1) is 0 Å². The molecule has 1 aromatic carbocycles. The first-order chi connectivity index (χ1) is 8.47. The molecule has 1 aliphatic heterocycles. The van der Waals surface area contributed by atoms with E-state index in [1.165, 1.54) is 5.69 Å². The molecule has 3 unspecified atom stereocenters. The van der Waals surface area contributed by atoms with Crippen LogP contribution < -0.4 is 4.90 Å². The molecule has 18 heavy (non-hydrogen) atoms. The maximum absolute atomic E-state index is 9.58. The minimum absolute atomic E-state index is 0.247. The van der Waals surface area contributed by atoms with E-state index in [2.05, 4.69) is 40.7 Å². The smallest absolute Gasteiger partial charge is 0.0762 e. The molecular formula is C14H20BrNO2. The summed E-state index contributed by atoms with van der Waals surface area (Å²) in [5, 5.41) is 9.58. The molecule has 1 aliphatic rings. The third-order valence-corrected chi connectivity index (χ3v) is 3.85. The van der Waals surface area contributed by atoms with Gasteiger partial charge in [0, 0.05) is 17.6 Å². The second-order valence-electron chi connectivity index (χ2n) is 5.05. The first-order valence-electron chi connectivity index (χ1n) is 6.35. The number of hydrogen-bond acceptors (Lipinski definition) is 3. The molecule has 0 aromatic heterocycles. The van der Waals surface area contributed by atoms with Crippen LogP contribution in [0.15, 0.2) is 22.7 Å². The molecule has 0 spiro atoms. The summed E-state index contributed by atoms with van der Waals surface area (Å²) in [5.74, 6) is 0. The Morgan fingerprint density at radius 3 is 2.44 bits per heavy atom. The van der Waals surface area contributed by atoms with Crippen LogP contribution in [0.25, 0.3) is 0 Å². The van der Waals surface area contributed by atoms with Crippen LogP contribution in [0.4, 0.5) is 5.69 Å². The summed E-state index contributed by atoms with van der Waals surface area (Å²) < 4.78 is 6.77. The van der Waals surface area contributed by atoms with Gasteiger partial charge in [0.25, 0.3) is 0 Å². The average Bonchev–Trinajstić information content (AvgIpc) is 2.27. The Morgan fingerprint density at radius 1 is 1.33 bits per heavy atom. The second kappa shape index (κ2) is 5.59. The Balaban J connectivity index is 2.22. The highest BCUT2D eigenvalue weighted by Crippen LogP contribution is 2.31. The Bertz CT molecular complexity index is 412. The summed E-state index contributed by atoms with van der Waals surface area (Å²) in [6, 6.07) is 6.04. The number of ether oxygens (including phenoxy) is 1. The van der Waals surface area contributed by atoms with Crippen molar-refractivity contribution < 1.29 is 9.84 Å². The van der Waals surface area contributed by atoms with Crippen LogP contribution in [0.5, 0.6) is 0 Å². The van der Waals surface area contributed by atoms with Gasteiger partial charge < -0.3 is 14.7 Å². The van der Waals surface area contributed by atoms with Crippen molar-refractivity contribution >= 4 is 21.6 Å². The van der Waals surface area contributed by atoms with Crippen molar-refractivity contribution in [1.82, 2.24) is 0 Å². The summed E-state index contributed by atoms with van der Waals surface area (Å²) in [7, 11) is 0. The summed E-state index contributed by atoms with van der Waals surface area (Å²) in [6.07, 6.45) is 0.0621. The zero-order valence-electron chi connectivity index (χ0n) is 11.1. The quantitative estimate of drug-likeness (QED) is 0.910. The fourth-order valence-electron chi connectivity index (χ4n) is 2.41. The standard InChI is InChI=1S/C14H20BrNO2/c1-9-7-16(8-10(2)18-9)14-5-4-12(11(3)17)6-13(14)15/h4-6,9-11,17H,7-8H2,1-3H3. The normalized spacial score (nSPS) is 26.2. The van der Waals surface area contributed by atoms with Gasteiger partial charge in [0.2, 0.25) is 0 Å². The van der Waals surface area contributed by atoms with E-state index in [-0.39, 0.29) is 12.2 Å². The van der Waals surface area contributed by atoms with E-state index in [4.69, 9.17) is 4.74 Å². The number of halogens is 1. The largest absolute Gasteiger partial charge is 0.389 e. The van der Waals surface area contributed by atoms with E-state index in [1.54, 1.807) is 6.92 Å². The van der Waals surface area contributed by atoms with Crippen molar-refractivity contribution in [2.24, 2.45) is 0 Å².